The lowest BCUT2D eigenvalue weighted by atomic mass is 9.77. The third-order valence-electron chi connectivity index (χ3n) is 19.1. The lowest BCUT2D eigenvalue weighted by Gasteiger charge is -2.32. The van der Waals surface area contributed by atoms with Gasteiger partial charge in [0.25, 0.3) is 0 Å². The van der Waals surface area contributed by atoms with Gasteiger partial charge in [0.15, 0.2) is 0 Å². The van der Waals surface area contributed by atoms with Crippen LogP contribution in [0.3, 0.4) is 0 Å². The molecule has 0 N–H and O–H groups in total. The average Bonchev–Trinajstić information content (AvgIpc) is 3.41. The van der Waals surface area contributed by atoms with Crippen LogP contribution in [0, 0.1) is 0 Å². The summed E-state index contributed by atoms with van der Waals surface area (Å²) in [5, 5.41) is 17.2. The van der Waals surface area contributed by atoms with Crippen LogP contribution in [0.1, 0.15) is 79.0 Å². The van der Waals surface area contributed by atoms with Gasteiger partial charge in [-0.15, -0.1) is 0 Å². The second-order valence-corrected chi connectivity index (χ2v) is 38.2. The van der Waals surface area contributed by atoms with E-state index in [9.17, 15) is 0 Å². The van der Waals surface area contributed by atoms with Gasteiger partial charge in [0.2, 0.25) is 0 Å². The van der Waals surface area contributed by atoms with Gasteiger partial charge in [-0.25, -0.2) is 0 Å². The molecule has 0 aliphatic carbocycles. The number of rotatable bonds is 20. The number of hydrogen-bond donors (Lipinski definition) is 0. The molecule has 3 heteroatoms. The second-order valence-electron chi connectivity index (χ2n) is 21.3. The number of aryl methyl sites for hydroxylation is 3. The molecule has 0 heterocycles. The summed E-state index contributed by atoms with van der Waals surface area (Å²) in [6, 6.07) is 71.2. The molecule has 0 saturated heterocycles. The Bertz CT molecular complexity index is 3250. The molecule has 0 bridgehead atoms. The van der Waals surface area contributed by atoms with Crippen molar-refractivity contribution in [1.29, 1.82) is 0 Å². The maximum atomic E-state index is 2.65. The van der Waals surface area contributed by atoms with Gasteiger partial charge in [-0.3, -0.25) is 0 Å². The highest BCUT2D eigenvalue weighted by Gasteiger charge is 2.33. The molecule has 0 aromatic heterocycles. The number of hydrogen-bond acceptors (Lipinski definition) is 0. The molecule has 356 valence electrons. The van der Waals surface area contributed by atoms with E-state index in [1.54, 1.807) is 27.5 Å². The largest absolute Gasteiger partial charge is 0.0678 e. The highest BCUT2D eigenvalue weighted by molar-refractivity contribution is 6.80. The monoisotopic (exact) mass is 957 g/mol. The van der Waals surface area contributed by atoms with Gasteiger partial charge in [-0.1, -0.05) is 256 Å². The Morgan fingerprint density at radius 1 is 0.275 bits per heavy atom. The molecule has 9 aromatic rings. The fourth-order valence-electron chi connectivity index (χ4n) is 13.4. The third-order valence-corrected chi connectivity index (χ3v) is 36.6. The summed E-state index contributed by atoms with van der Waals surface area (Å²) in [5.74, 6) is 0. The normalized spacial score (nSPS) is 12.7. The molecule has 0 radical (unpaired) electrons. The van der Waals surface area contributed by atoms with Crippen molar-refractivity contribution in [3.05, 3.63) is 156 Å². The van der Waals surface area contributed by atoms with E-state index in [-0.39, 0.29) is 0 Å². The number of fused-ring (bicyclic) bond motifs is 6. The summed E-state index contributed by atoms with van der Waals surface area (Å²) in [4.78, 5) is 0. The summed E-state index contributed by atoms with van der Waals surface area (Å²) in [6.45, 7) is 22.6. The SMILES string of the molecule is CC[Si](CC)(CC)CCc1c2ccccc2cc2c(-c3ccc4ccccc4c3)c3c(CC[Si](CC)(CC)CC)c4ccccc4c(CC[Si](CC)(CC)CC)c3c(-c3ccc4ccccc4c3)c12. The molecule has 0 amide bonds. The molecular formula is C66H80Si3. The second kappa shape index (κ2) is 20.9. The first kappa shape index (κ1) is 49.2. The topological polar surface area (TPSA) is 0 Å². The van der Waals surface area contributed by atoms with Crippen molar-refractivity contribution in [1.82, 2.24) is 0 Å². The Morgan fingerprint density at radius 3 is 1.03 bits per heavy atom. The Balaban J connectivity index is 1.58. The minimum Gasteiger partial charge on any atom is -0.0678 e. The summed E-state index contributed by atoms with van der Waals surface area (Å²) >= 11 is 0. The first-order valence-electron chi connectivity index (χ1n) is 27.5. The standard InChI is InChI=1S/C66H80Si3/c1-10-67(11-2,12-3)42-39-58-55-32-24-23-31-52(55)47-61-62(53-37-35-48-27-19-21-29-50(48)45-53)65-59(40-43-68(13-4,14-5)15-6)56-33-25-26-34-57(56)60(41-44-69(16-7,17-8)18-9)66(65)63(64(58)61)54-38-36-49-28-20-22-30-51(49)46-54/h19-38,45-47H,10-18,39-44H2,1-9H3. The van der Waals surface area contributed by atoms with Crippen LogP contribution in [0.2, 0.25) is 72.5 Å². The van der Waals surface area contributed by atoms with Crippen LogP contribution in [-0.4, -0.2) is 24.2 Å². The van der Waals surface area contributed by atoms with Crippen molar-refractivity contribution in [2.45, 2.75) is 154 Å². The lowest BCUT2D eigenvalue weighted by Crippen LogP contribution is -2.32. The molecule has 0 saturated carbocycles. The Hall–Kier alpha value is -4.81. The van der Waals surface area contributed by atoms with Gasteiger partial charge in [0, 0.05) is 0 Å². The summed E-state index contributed by atoms with van der Waals surface area (Å²) in [5.41, 5.74) is 10.5. The molecule has 0 atom stereocenters. The summed E-state index contributed by atoms with van der Waals surface area (Å²) < 4.78 is 0. The van der Waals surface area contributed by atoms with E-state index >= 15 is 0 Å². The highest BCUT2D eigenvalue weighted by atomic mass is 28.3. The molecule has 0 aliphatic rings. The zero-order chi connectivity index (χ0) is 48.3. The van der Waals surface area contributed by atoms with Gasteiger partial charge in [0.1, 0.15) is 0 Å². The van der Waals surface area contributed by atoms with Crippen molar-refractivity contribution in [2.24, 2.45) is 0 Å². The molecule has 0 spiro atoms. The van der Waals surface area contributed by atoms with E-state index in [4.69, 9.17) is 0 Å². The van der Waals surface area contributed by atoms with E-state index in [0.717, 1.165) is 19.3 Å². The van der Waals surface area contributed by atoms with E-state index in [1.165, 1.54) is 149 Å². The van der Waals surface area contributed by atoms with E-state index in [0.29, 0.717) is 0 Å². The van der Waals surface area contributed by atoms with E-state index < -0.39 is 24.2 Å². The van der Waals surface area contributed by atoms with Crippen LogP contribution >= 0.6 is 0 Å². The molecule has 9 rings (SSSR count). The predicted molar refractivity (Wildman–Crippen MR) is 319 cm³/mol. The molecule has 0 unspecified atom stereocenters. The molecular weight excluding hydrogens is 877 g/mol. The van der Waals surface area contributed by atoms with Crippen molar-refractivity contribution in [3.8, 4) is 22.3 Å². The zero-order valence-electron chi connectivity index (χ0n) is 43.9. The number of benzene rings is 9. The maximum Gasteiger partial charge on any atom is 0.0530 e. The van der Waals surface area contributed by atoms with Crippen molar-refractivity contribution in [2.75, 3.05) is 0 Å². The van der Waals surface area contributed by atoms with Crippen LogP contribution < -0.4 is 0 Å². The molecule has 0 nitrogen and oxygen atoms in total. The predicted octanol–water partition coefficient (Wildman–Crippen LogP) is 21.1. The van der Waals surface area contributed by atoms with Crippen LogP contribution in [0.15, 0.2) is 140 Å². The minimum absolute atomic E-state index is 1.12. The first-order valence-corrected chi connectivity index (χ1v) is 36.0. The van der Waals surface area contributed by atoms with Crippen LogP contribution in [0.4, 0.5) is 0 Å². The molecule has 69 heavy (non-hydrogen) atoms. The van der Waals surface area contributed by atoms with E-state index in [1.807, 2.05) is 0 Å². The summed E-state index contributed by atoms with van der Waals surface area (Å²) in [6.07, 6.45) is 3.37. The van der Waals surface area contributed by atoms with Crippen molar-refractivity contribution >= 4 is 88.9 Å². The fraction of sp³-hybridized carbons (Fsp3) is 0.364. The Kier molecular flexibility index (Phi) is 14.9. The van der Waals surface area contributed by atoms with Crippen molar-refractivity contribution in [3.63, 3.8) is 0 Å². The Morgan fingerprint density at radius 2 is 0.609 bits per heavy atom. The maximum absolute atomic E-state index is 2.65. The fourth-order valence-corrected chi connectivity index (χ4v) is 23.4. The van der Waals surface area contributed by atoms with Gasteiger partial charge in [-0.2, -0.15) is 0 Å². The molecule has 9 aromatic carbocycles. The first-order chi connectivity index (χ1) is 33.7. The molecule has 0 aliphatic heterocycles. The van der Waals surface area contributed by atoms with Crippen LogP contribution in [0.25, 0.3) is 86.9 Å². The summed E-state index contributed by atoms with van der Waals surface area (Å²) in [7, 11) is -4.54. The van der Waals surface area contributed by atoms with Gasteiger partial charge in [-0.05, 0) is 141 Å². The third kappa shape index (κ3) is 8.99. The van der Waals surface area contributed by atoms with Crippen molar-refractivity contribution < 1.29 is 0 Å². The lowest BCUT2D eigenvalue weighted by molar-refractivity contribution is 1.03. The Labute approximate surface area is 419 Å². The molecule has 0 fully saturated rings. The van der Waals surface area contributed by atoms with Crippen LogP contribution in [0.5, 0.6) is 0 Å². The highest BCUT2D eigenvalue weighted by Crippen LogP contribution is 2.53. The average molecular weight is 958 g/mol. The van der Waals surface area contributed by atoms with Gasteiger partial charge in [0.05, 0.1) is 24.2 Å². The zero-order valence-corrected chi connectivity index (χ0v) is 46.9. The quantitative estimate of drug-likeness (QED) is 0.0527. The van der Waals surface area contributed by atoms with Gasteiger partial charge >= 0.3 is 0 Å². The van der Waals surface area contributed by atoms with E-state index in [2.05, 4.69) is 202 Å². The minimum atomic E-state index is -1.52. The van der Waals surface area contributed by atoms with Crippen LogP contribution in [-0.2, 0) is 19.3 Å². The smallest absolute Gasteiger partial charge is 0.0530 e. The van der Waals surface area contributed by atoms with Gasteiger partial charge < -0.3 is 0 Å².